The Kier molecular flexibility index (Phi) is 2.76. The Morgan fingerprint density at radius 1 is 1.12 bits per heavy atom. The van der Waals surface area contributed by atoms with Crippen molar-refractivity contribution in [1.82, 2.24) is 4.57 Å². The maximum atomic E-state index is 5.90. The second-order valence-corrected chi connectivity index (χ2v) is 4.86. The van der Waals surface area contributed by atoms with Crippen LogP contribution >= 0.6 is 0 Å². The van der Waals surface area contributed by atoms with Gasteiger partial charge in [0.1, 0.15) is 0 Å². The summed E-state index contributed by atoms with van der Waals surface area (Å²) in [7, 11) is 0. The molecule has 1 unspecified atom stereocenters. The zero-order valence-corrected chi connectivity index (χ0v) is 10.5. The van der Waals surface area contributed by atoms with Gasteiger partial charge in [0.25, 0.3) is 0 Å². The number of fused-ring (bicyclic) bond motifs is 1. The Morgan fingerprint density at radius 3 is 2.38 bits per heavy atom. The van der Waals surface area contributed by atoms with Gasteiger partial charge in [0.15, 0.2) is 0 Å². The van der Waals surface area contributed by atoms with Crippen LogP contribution in [0.3, 0.4) is 0 Å². The minimum atomic E-state index is 0.104. The van der Waals surface area contributed by atoms with Crippen molar-refractivity contribution in [2.75, 3.05) is 0 Å². The summed E-state index contributed by atoms with van der Waals surface area (Å²) in [5.41, 5.74) is 9.72. The Bertz CT molecular complexity index is 507. The van der Waals surface area contributed by atoms with Crippen LogP contribution in [-0.2, 0) is 0 Å². The van der Waals surface area contributed by atoms with E-state index in [1.165, 1.54) is 22.2 Å². The molecule has 0 saturated carbocycles. The van der Waals surface area contributed by atoms with Crippen molar-refractivity contribution in [2.45, 2.75) is 39.8 Å². The molecule has 2 nitrogen and oxygen atoms in total. The molecule has 2 rings (SSSR count). The molecule has 0 fully saturated rings. The number of hydrogen-bond acceptors (Lipinski definition) is 1. The fourth-order valence-corrected chi connectivity index (χ4v) is 2.36. The van der Waals surface area contributed by atoms with Crippen LogP contribution in [-0.4, -0.2) is 4.57 Å². The third-order valence-electron chi connectivity index (χ3n) is 3.10. The van der Waals surface area contributed by atoms with Gasteiger partial charge in [-0.3, -0.25) is 0 Å². The van der Waals surface area contributed by atoms with Gasteiger partial charge in [0.2, 0.25) is 0 Å². The number of rotatable bonds is 2. The van der Waals surface area contributed by atoms with E-state index in [1.54, 1.807) is 0 Å². The molecule has 0 aliphatic rings. The van der Waals surface area contributed by atoms with Crippen molar-refractivity contribution < 1.29 is 0 Å². The standard InChI is InChI=1S/C14H20N2/c1-9(2)16-10(3)7-13-8-12(11(4)15)5-6-14(13)16/h5-9,11H,15H2,1-4H3. The Hall–Kier alpha value is -1.28. The minimum Gasteiger partial charge on any atom is -0.342 e. The van der Waals surface area contributed by atoms with Crippen molar-refractivity contribution in [1.29, 1.82) is 0 Å². The number of nitrogens with zero attached hydrogens (tertiary/aromatic N) is 1. The van der Waals surface area contributed by atoms with Crippen LogP contribution in [0.5, 0.6) is 0 Å². The maximum absolute atomic E-state index is 5.90. The number of hydrogen-bond donors (Lipinski definition) is 1. The molecule has 2 aromatic rings. The van der Waals surface area contributed by atoms with E-state index < -0.39 is 0 Å². The van der Waals surface area contributed by atoms with Crippen LogP contribution in [0.1, 0.15) is 44.1 Å². The van der Waals surface area contributed by atoms with Crippen LogP contribution in [0.25, 0.3) is 10.9 Å². The van der Waals surface area contributed by atoms with Crippen molar-refractivity contribution in [2.24, 2.45) is 5.73 Å². The van der Waals surface area contributed by atoms with Crippen LogP contribution in [0.15, 0.2) is 24.3 Å². The quantitative estimate of drug-likeness (QED) is 0.817. The van der Waals surface area contributed by atoms with Gasteiger partial charge in [-0.2, -0.15) is 0 Å². The van der Waals surface area contributed by atoms with E-state index in [2.05, 4.69) is 49.6 Å². The van der Waals surface area contributed by atoms with Crippen LogP contribution in [0.4, 0.5) is 0 Å². The molecule has 2 heteroatoms. The second-order valence-electron chi connectivity index (χ2n) is 4.86. The minimum absolute atomic E-state index is 0.104. The van der Waals surface area contributed by atoms with Crippen LogP contribution in [0, 0.1) is 6.92 Å². The lowest BCUT2D eigenvalue weighted by molar-refractivity contribution is 0.608. The lowest BCUT2D eigenvalue weighted by Crippen LogP contribution is -2.05. The molecule has 16 heavy (non-hydrogen) atoms. The van der Waals surface area contributed by atoms with Gasteiger partial charge < -0.3 is 10.3 Å². The first-order chi connectivity index (χ1) is 7.50. The summed E-state index contributed by atoms with van der Waals surface area (Å²) in [5, 5.41) is 1.29. The predicted octanol–water partition coefficient (Wildman–Crippen LogP) is 3.55. The number of aromatic nitrogens is 1. The van der Waals surface area contributed by atoms with E-state index in [0.717, 1.165) is 0 Å². The average molecular weight is 216 g/mol. The third-order valence-corrected chi connectivity index (χ3v) is 3.10. The summed E-state index contributed by atoms with van der Waals surface area (Å²) in [6.45, 7) is 8.61. The monoisotopic (exact) mass is 216 g/mol. The molecule has 0 saturated heterocycles. The molecule has 1 heterocycles. The van der Waals surface area contributed by atoms with E-state index in [1.807, 2.05) is 6.92 Å². The van der Waals surface area contributed by atoms with E-state index in [9.17, 15) is 0 Å². The fraction of sp³-hybridized carbons (Fsp3) is 0.429. The molecule has 0 spiro atoms. The predicted molar refractivity (Wildman–Crippen MR) is 69.7 cm³/mol. The summed E-state index contributed by atoms with van der Waals surface area (Å²) >= 11 is 0. The number of nitrogens with two attached hydrogens (primary N) is 1. The number of benzene rings is 1. The van der Waals surface area contributed by atoms with Gasteiger partial charge in [-0.25, -0.2) is 0 Å². The van der Waals surface area contributed by atoms with Crippen LogP contribution in [0.2, 0.25) is 0 Å². The van der Waals surface area contributed by atoms with E-state index >= 15 is 0 Å². The molecular weight excluding hydrogens is 196 g/mol. The molecule has 0 aliphatic carbocycles. The number of aryl methyl sites for hydroxylation is 1. The summed E-state index contributed by atoms with van der Waals surface area (Å²) in [6.07, 6.45) is 0. The van der Waals surface area contributed by atoms with E-state index in [-0.39, 0.29) is 6.04 Å². The van der Waals surface area contributed by atoms with Gasteiger partial charge in [0, 0.05) is 28.7 Å². The molecule has 0 aliphatic heterocycles. The molecule has 1 aromatic carbocycles. The summed E-state index contributed by atoms with van der Waals surface area (Å²) < 4.78 is 2.36. The van der Waals surface area contributed by atoms with Crippen molar-refractivity contribution in [3.8, 4) is 0 Å². The lowest BCUT2D eigenvalue weighted by Gasteiger charge is -2.13. The summed E-state index contributed by atoms with van der Waals surface area (Å²) in [5.74, 6) is 0. The molecular formula is C14H20N2. The van der Waals surface area contributed by atoms with Crippen molar-refractivity contribution in [3.63, 3.8) is 0 Å². The van der Waals surface area contributed by atoms with E-state index in [4.69, 9.17) is 5.73 Å². The highest BCUT2D eigenvalue weighted by molar-refractivity contribution is 5.82. The molecule has 0 radical (unpaired) electrons. The highest BCUT2D eigenvalue weighted by atomic mass is 15.0. The molecule has 86 valence electrons. The maximum Gasteiger partial charge on any atom is 0.0485 e. The highest BCUT2D eigenvalue weighted by Crippen LogP contribution is 2.26. The molecule has 0 bridgehead atoms. The zero-order valence-electron chi connectivity index (χ0n) is 10.5. The third kappa shape index (κ3) is 1.74. The molecule has 2 N–H and O–H groups in total. The SMILES string of the molecule is Cc1cc2cc(C(C)N)ccc2n1C(C)C. The van der Waals surface area contributed by atoms with Crippen molar-refractivity contribution in [3.05, 3.63) is 35.5 Å². The Labute approximate surface area is 97.1 Å². The smallest absolute Gasteiger partial charge is 0.0485 e. The molecule has 1 aromatic heterocycles. The zero-order chi connectivity index (χ0) is 11.9. The van der Waals surface area contributed by atoms with Gasteiger partial charge in [-0.1, -0.05) is 6.07 Å². The van der Waals surface area contributed by atoms with Gasteiger partial charge in [-0.05, 0) is 51.5 Å². The van der Waals surface area contributed by atoms with Gasteiger partial charge in [0.05, 0.1) is 0 Å². The van der Waals surface area contributed by atoms with Crippen molar-refractivity contribution >= 4 is 10.9 Å². The Balaban J connectivity index is 2.65. The average Bonchev–Trinajstić information content (AvgIpc) is 2.51. The van der Waals surface area contributed by atoms with Crippen LogP contribution < -0.4 is 5.73 Å². The summed E-state index contributed by atoms with van der Waals surface area (Å²) in [6, 6.07) is 9.35. The normalized spacial score (nSPS) is 13.6. The van der Waals surface area contributed by atoms with Gasteiger partial charge >= 0.3 is 0 Å². The fourth-order valence-electron chi connectivity index (χ4n) is 2.36. The summed E-state index contributed by atoms with van der Waals surface area (Å²) in [4.78, 5) is 0. The largest absolute Gasteiger partial charge is 0.342 e. The lowest BCUT2D eigenvalue weighted by atomic mass is 10.1. The van der Waals surface area contributed by atoms with Gasteiger partial charge in [-0.15, -0.1) is 0 Å². The van der Waals surface area contributed by atoms with E-state index in [0.29, 0.717) is 6.04 Å². The molecule has 0 amide bonds. The Morgan fingerprint density at radius 2 is 1.81 bits per heavy atom. The topological polar surface area (TPSA) is 30.9 Å². The second kappa shape index (κ2) is 3.95. The molecule has 1 atom stereocenters. The first-order valence-corrected chi connectivity index (χ1v) is 5.87. The highest BCUT2D eigenvalue weighted by Gasteiger charge is 2.09. The first-order valence-electron chi connectivity index (χ1n) is 5.87. The first kappa shape index (κ1) is 11.2.